The largest absolute Gasteiger partial charge is 0.463 e. The standard InChI is InChI=1S/C20H20ClNO4S/c1-3-26-20(23)13-17-12-19(15-6-8-16(21)9-7-15)22(17)27(24,25)18-10-4-14(2)5-11-18/h4-11,13,19H,3,12H2,1-2H3/b17-13+. The van der Waals surface area contributed by atoms with E-state index in [-0.39, 0.29) is 11.5 Å². The molecule has 7 heteroatoms. The van der Waals surface area contributed by atoms with Crippen molar-refractivity contribution in [3.8, 4) is 0 Å². The number of nitrogens with zero attached hydrogens (tertiary/aromatic N) is 1. The van der Waals surface area contributed by atoms with E-state index in [0.717, 1.165) is 11.1 Å². The zero-order chi connectivity index (χ0) is 19.6. The van der Waals surface area contributed by atoms with E-state index in [2.05, 4.69) is 0 Å². The molecular formula is C20H20ClNO4S. The maximum Gasteiger partial charge on any atom is 0.332 e. The molecule has 0 radical (unpaired) electrons. The van der Waals surface area contributed by atoms with Gasteiger partial charge in [-0.1, -0.05) is 41.4 Å². The SMILES string of the molecule is CCOC(=O)/C=C1\CC(c2ccc(Cl)cc2)N1S(=O)(=O)c1ccc(C)cc1. The average molecular weight is 406 g/mol. The molecule has 0 amide bonds. The minimum absolute atomic E-state index is 0.182. The highest BCUT2D eigenvalue weighted by Gasteiger charge is 2.43. The number of esters is 1. The third kappa shape index (κ3) is 4.01. The van der Waals surface area contributed by atoms with Crippen molar-refractivity contribution >= 4 is 27.6 Å². The normalized spacial score (nSPS) is 18.3. The summed E-state index contributed by atoms with van der Waals surface area (Å²) in [5.41, 5.74) is 2.19. The highest BCUT2D eigenvalue weighted by Crippen LogP contribution is 2.45. The molecule has 1 fully saturated rings. The topological polar surface area (TPSA) is 63.7 Å². The molecule has 0 aliphatic carbocycles. The molecule has 142 valence electrons. The first kappa shape index (κ1) is 19.5. The van der Waals surface area contributed by atoms with Crippen LogP contribution in [0.1, 0.15) is 30.5 Å². The van der Waals surface area contributed by atoms with Crippen LogP contribution in [0, 0.1) is 6.92 Å². The summed E-state index contributed by atoms with van der Waals surface area (Å²) < 4.78 is 32.7. The molecule has 0 bridgehead atoms. The minimum Gasteiger partial charge on any atom is -0.463 e. The Morgan fingerprint density at radius 2 is 1.81 bits per heavy atom. The average Bonchev–Trinajstić information content (AvgIpc) is 2.59. The van der Waals surface area contributed by atoms with Crippen LogP contribution in [0.5, 0.6) is 0 Å². The van der Waals surface area contributed by atoms with Crippen molar-refractivity contribution < 1.29 is 17.9 Å². The van der Waals surface area contributed by atoms with Crippen molar-refractivity contribution in [1.82, 2.24) is 4.31 Å². The smallest absolute Gasteiger partial charge is 0.332 e. The van der Waals surface area contributed by atoms with Crippen LogP contribution in [0.15, 0.2) is 65.2 Å². The molecule has 1 aliphatic heterocycles. The molecule has 27 heavy (non-hydrogen) atoms. The first-order chi connectivity index (χ1) is 12.8. The van der Waals surface area contributed by atoms with Crippen molar-refractivity contribution in [3.05, 3.63) is 76.5 Å². The number of carbonyl (C=O) groups is 1. The van der Waals surface area contributed by atoms with E-state index in [9.17, 15) is 13.2 Å². The van der Waals surface area contributed by atoms with Crippen LogP contribution in [-0.4, -0.2) is 25.3 Å². The van der Waals surface area contributed by atoms with Gasteiger partial charge in [0.25, 0.3) is 10.0 Å². The van der Waals surface area contributed by atoms with E-state index >= 15 is 0 Å². The molecular weight excluding hydrogens is 386 g/mol. The third-order valence-corrected chi connectivity index (χ3v) is 6.50. The number of hydrogen-bond acceptors (Lipinski definition) is 4. The Morgan fingerprint density at radius 1 is 1.19 bits per heavy atom. The molecule has 1 unspecified atom stereocenters. The second-order valence-electron chi connectivity index (χ2n) is 6.27. The Balaban J connectivity index is 2.00. The molecule has 5 nitrogen and oxygen atoms in total. The van der Waals surface area contributed by atoms with Crippen LogP contribution in [0.4, 0.5) is 0 Å². The Labute approximate surface area is 164 Å². The van der Waals surface area contributed by atoms with Crippen LogP contribution in [0.2, 0.25) is 5.02 Å². The van der Waals surface area contributed by atoms with Gasteiger partial charge in [0, 0.05) is 23.2 Å². The Bertz CT molecular complexity index is 966. The second kappa shape index (κ2) is 7.74. The summed E-state index contributed by atoms with van der Waals surface area (Å²) in [6.07, 6.45) is 1.67. The molecule has 1 heterocycles. The fourth-order valence-electron chi connectivity index (χ4n) is 2.99. The van der Waals surface area contributed by atoms with Gasteiger partial charge in [-0.05, 0) is 43.7 Å². The lowest BCUT2D eigenvalue weighted by Gasteiger charge is -2.44. The van der Waals surface area contributed by atoms with Gasteiger partial charge in [-0.3, -0.25) is 4.31 Å². The number of carbonyl (C=O) groups excluding carboxylic acids is 1. The van der Waals surface area contributed by atoms with Crippen molar-refractivity contribution in [2.24, 2.45) is 0 Å². The zero-order valence-corrected chi connectivity index (χ0v) is 16.6. The number of hydrogen-bond donors (Lipinski definition) is 0. The summed E-state index contributed by atoms with van der Waals surface area (Å²) in [5.74, 6) is -0.550. The van der Waals surface area contributed by atoms with Gasteiger partial charge >= 0.3 is 5.97 Å². The monoisotopic (exact) mass is 405 g/mol. The number of halogens is 1. The number of ether oxygens (including phenoxy) is 1. The summed E-state index contributed by atoms with van der Waals surface area (Å²) in [6, 6.07) is 13.3. The van der Waals surface area contributed by atoms with Crippen LogP contribution < -0.4 is 0 Å². The van der Waals surface area contributed by atoms with Crippen LogP contribution in [0.3, 0.4) is 0 Å². The van der Waals surface area contributed by atoms with Crippen LogP contribution in [0.25, 0.3) is 0 Å². The lowest BCUT2D eigenvalue weighted by Crippen LogP contribution is -2.43. The van der Waals surface area contributed by atoms with Crippen LogP contribution >= 0.6 is 11.6 Å². The third-order valence-electron chi connectivity index (χ3n) is 4.37. The van der Waals surface area contributed by atoms with E-state index in [1.807, 2.05) is 6.92 Å². The van der Waals surface area contributed by atoms with Gasteiger partial charge in [0.1, 0.15) is 0 Å². The Kier molecular flexibility index (Phi) is 5.58. The van der Waals surface area contributed by atoms with Crippen LogP contribution in [-0.2, 0) is 19.6 Å². The summed E-state index contributed by atoms with van der Waals surface area (Å²) in [4.78, 5) is 12.0. The lowest BCUT2D eigenvalue weighted by atomic mass is 9.94. The molecule has 1 atom stereocenters. The minimum atomic E-state index is -3.81. The predicted molar refractivity (Wildman–Crippen MR) is 104 cm³/mol. The van der Waals surface area contributed by atoms with Gasteiger partial charge in [0.2, 0.25) is 0 Å². The van der Waals surface area contributed by atoms with Crippen molar-refractivity contribution in [2.45, 2.75) is 31.2 Å². The van der Waals surface area contributed by atoms with Gasteiger partial charge in [-0.25, -0.2) is 13.2 Å². The van der Waals surface area contributed by atoms with E-state index in [1.165, 1.54) is 10.4 Å². The molecule has 1 saturated heterocycles. The summed E-state index contributed by atoms with van der Waals surface area (Å²) >= 11 is 5.94. The summed E-state index contributed by atoms with van der Waals surface area (Å²) in [7, 11) is -3.81. The number of benzene rings is 2. The van der Waals surface area contributed by atoms with E-state index in [0.29, 0.717) is 17.1 Å². The summed E-state index contributed by atoms with van der Waals surface area (Å²) in [6.45, 7) is 3.82. The molecule has 0 N–H and O–H groups in total. The molecule has 0 saturated carbocycles. The molecule has 0 spiro atoms. The molecule has 3 rings (SSSR count). The predicted octanol–water partition coefficient (Wildman–Crippen LogP) is 4.23. The Morgan fingerprint density at radius 3 is 2.41 bits per heavy atom. The van der Waals surface area contributed by atoms with Crippen molar-refractivity contribution in [3.63, 3.8) is 0 Å². The van der Waals surface area contributed by atoms with E-state index in [1.54, 1.807) is 55.5 Å². The van der Waals surface area contributed by atoms with Gasteiger partial charge in [0.15, 0.2) is 0 Å². The van der Waals surface area contributed by atoms with Gasteiger partial charge < -0.3 is 4.74 Å². The number of aryl methyl sites for hydroxylation is 1. The number of rotatable bonds is 5. The highest BCUT2D eigenvalue weighted by atomic mass is 35.5. The molecule has 1 aliphatic rings. The Hall–Kier alpha value is -2.31. The first-order valence-corrected chi connectivity index (χ1v) is 10.4. The molecule has 2 aromatic carbocycles. The van der Waals surface area contributed by atoms with Crippen molar-refractivity contribution in [2.75, 3.05) is 6.61 Å². The van der Waals surface area contributed by atoms with Gasteiger partial charge in [-0.2, -0.15) is 0 Å². The number of sulfonamides is 1. The lowest BCUT2D eigenvalue weighted by molar-refractivity contribution is -0.137. The van der Waals surface area contributed by atoms with Gasteiger partial charge in [0.05, 0.1) is 17.5 Å². The summed E-state index contributed by atoms with van der Waals surface area (Å²) in [5, 5.41) is 0.577. The maximum absolute atomic E-state index is 13.2. The zero-order valence-electron chi connectivity index (χ0n) is 15.1. The van der Waals surface area contributed by atoms with Crippen molar-refractivity contribution in [1.29, 1.82) is 0 Å². The quantitative estimate of drug-likeness (QED) is 0.551. The first-order valence-electron chi connectivity index (χ1n) is 8.57. The fourth-order valence-corrected chi connectivity index (χ4v) is 4.79. The maximum atomic E-state index is 13.2. The molecule has 0 aromatic heterocycles. The fraction of sp³-hybridized carbons (Fsp3) is 0.250. The second-order valence-corrected chi connectivity index (χ2v) is 8.52. The van der Waals surface area contributed by atoms with Gasteiger partial charge in [-0.15, -0.1) is 0 Å². The van der Waals surface area contributed by atoms with E-state index in [4.69, 9.17) is 16.3 Å². The molecule has 2 aromatic rings. The van der Waals surface area contributed by atoms with E-state index < -0.39 is 22.0 Å². The highest BCUT2D eigenvalue weighted by molar-refractivity contribution is 7.89.